The molecule has 1 aliphatic carbocycles. The summed E-state index contributed by atoms with van der Waals surface area (Å²) in [6.07, 6.45) is 0.897. The van der Waals surface area contributed by atoms with Crippen molar-refractivity contribution in [1.29, 1.82) is 0 Å². The Bertz CT molecular complexity index is 1330. The van der Waals surface area contributed by atoms with Crippen LogP contribution in [0.1, 0.15) is 38.8 Å². The van der Waals surface area contributed by atoms with E-state index in [1.165, 1.54) is 39.8 Å². The predicted molar refractivity (Wildman–Crippen MR) is 141 cm³/mol. The minimum atomic E-state index is -0.699. The van der Waals surface area contributed by atoms with Crippen molar-refractivity contribution in [1.82, 2.24) is 0 Å². The Balaban J connectivity index is 2.27. The fourth-order valence-electron chi connectivity index (χ4n) is 3.56. The average molecular weight is 517 g/mol. The minimum Gasteiger partial charge on any atom is -0.423 e. The summed E-state index contributed by atoms with van der Waals surface area (Å²) in [4.78, 5) is 49.4. The first-order valence-corrected chi connectivity index (χ1v) is 11.6. The van der Waals surface area contributed by atoms with Gasteiger partial charge in [0.15, 0.2) is 0 Å². The van der Waals surface area contributed by atoms with Crippen LogP contribution in [0.5, 0.6) is 23.0 Å². The van der Waals surface area contributed by atoms with E-state index in [2.05, 4.69) is 26.3 Å². The van der Waals surface area contributed by atoms with Crippen LogP contribution in [0.15, 0.2) is 72.9 Å². The Morgan fingerprint density at radius 1 is 0.526 bits per heavy atom. The van der Waals surface area contributed by atoms with Gasteiger partial charge in [0.1, 0.15) is 23.0 Å². The van der Waals surface area contributed by atoms with Crippen molar-refractivity contribution in [2.24, 2.45) is 0 Å². The van der Waals surface area contributed by atoms with Gasteiger partial charge in [-0.3, -0.25) is 0 Å². The predicted octanol–water partition coefficient (Wildman–Crippen LogP) is 5.38. The molecule has 8 heteroatoms. The summed E-state index contributed by atoms with van der Waals surface area (Å²) >= 11 is 0. The monoisotopic (exact) mass is 516 g/mol. The molecule has 0 saturated carbocycles. The highest BCUT2D eigenvalue weighted by molar-refractivity contribution is 5.95. The van der Waals surface area contributed by atoms with Crippen LogP contribution in [0.4, 0.5) is 0 Å². The molecule has 0 aliphatic heterocycles. The smallest absolute Gasteiger partial charge is 0.338 e. The maximum absolute atomic E-state index is 12.5. The fourth-order valence-corrected chi connectivity index (χ4v) is 3.56. The van der Waals surface area contributed by atoms with Crippen LogP contribution in [0, 0.1) is 0 Å². The fraction of sp³-hybridized carbons (Fsp3) is 0.200. The SMILES string of the molecule is C=C(C)C(=O)Oc1cc2c(c(OC(=O)C(=C)C)c1)-c1c(cc(OC(=O)C(=C)C)cc1OC(=O)C(=C)C)CC2. The van der Waals surface area contributed by atoms with E-state index in [-0.39, 0.29) is 45.3 Å². The summed E-state index contributed by atoms with van der Waals surface area (Å²) < 4.78 is 22.1. The molecule has 38 heavy (non-hydrogen) atoms. The third kappa shape index (κ3) is 6.15. The summed E-state index contributed by atoms with van der Waals surface area (Å²) in [5, 5.41) is 0. The van der Waals surface area contributed by atoms with Gasteiger partial charge in [0.05, 0.1) is 0 Å². The molecule has 0 spiro atoms. The Kier molecular flexibility index (Phi) is 8.16. The maximum atomic E-state index is 12.5. The number of rotatable bonds is 8. The quantitative estimate of drug-likeness (QED) is 0.262. The third-order valence-corrected chi connectivity index (χ3v) is 5.45. The lowest BCUT2D eigenvalue weighted by Gasteiger charge is -2.26. The number of hydrogen-bond donors (Lipinski definition) is 0. The van der Waals surface area contributed by atoms with Crippen LogP contribution in [0.3, 0.4) is 0 Å². The van der Waals surface area contributed by atoms with Gasteiger partial charge in [-0.1, -0.05) is 26.3 Å². The van der Waals surface area contributed by atoms with Crippen molar-refractivity contribution >= 4 is 23.9 Å². The van der Waals surface area contributed by atoms with E-state index < -0.39 is 23.9 Å². The van der Waals surface area contributed by atoms with E-state index in [1.807, 2.05) is 0 Å². The van der Waals surface area contributed by atoms with Crippen molar-refractivity contribution in [2.75, 3.05) is 0 Å². The van der Waals surface area contributed by atoms with Crippen LogP contribution in [-0.4, -0.2) is 23.9 Å². The first-order valence-electron chi connectivity index (χ1n) is 11.6. The van der Waals surface area contributed by atoms with Gasteiger partial charge in [0, 0.05) is 45.6 Å². The Labute approximate surface area is 220 Å². The molecule has 0 aromatic heterocycles. The molecule has 3 rings (SSSR count). The van der Waals surface area contributed by atoms with Gasteiger partial charge in [-0.05, 0) is 63.8 Å². The Hall–Kier alpha value is -4.72. The number of benzene rings is 2. The van der Waals surface area contributed by atoms with Crippen LogP contribution >= 0.6 is 0 Å². The summed E-state index contributed by atoms with van der Waals surface area (Å²) in [6, 6.07) is 6.09. The molecule has 0 fully saturated rings. The van der Waals surface area contributed by atoms with E-state index in [1.54, 1.807) is 12.1 Å². The van der Waals surface area contributed by atoms with Crippen LogP contribution in [0.25, 0.3) is 11.1 Å². The molecule has 0 saturated heterocycles. The third-order valence-electron chi connectivity index (χ3n) is 5.45. The highest BCUT2D eigenvalue weighted by Crippen LogP contribution is 2.48. The lowest BCUT2D eigenvalue weighted by atomic mass is 9.84. The molecule has 8 nitrogen and oxygen atoms in total. The first kappa shape index (κ1) is 27.9. The molecule has 0 bridgehead atoms. The van der Waals surface area contributed by atoms with E-state index >= 15 is 0 Å². The summed E-state index contributed by atoms with van der Waals surface area (Å²) in [7, 11) is 0. The van der Waals surface area contributed by atoms with Gasteiger partial charge in [-0.2, -0.15) is 0 Å². The number of ether oxygens (including phenoxy) is 4. The molecule has 0 radical (unpaired) electrons. The lowest BCUT2D eigenvalue weighted by molar-refractivity contribution is -0.131. The second-order valence-corrected chi connectivity index (χ2v) is 9.09. The zero-order valence-electron chi connectivity index (χ0n) is 21.8. The number of fused-ring (bicyclic) bond motifs is 3. The van der Waals surface area contributed by atoms with Gasteiger partial charge in [-0.15, -0.1) is 0 Å². The van der Waals surface area contributed by atoms with Crippen molar-refractivity contribution in [2.45, 2.75) is 40.5 Å². The molecule has 0 atom stereocenters. The topological polar surface area (TPSA) is 105 Å². The number of esters is 4. The highest BCUT2D eigenvalue weighted by Gasteiger charge is 2.29. The van der Waals surface area contributed by atoms with Crippen molar-refractivity contribution in [3.8, 4) is 34.1 Å². The first-order chi connectivity index (χ1) is 17.8. The molecule has 2 aromatic carbocycles. The number of aryl methyl sites for hydroxylation is 2. The average Bonchev–Trinajstić information content (AvgIpc) is 2.83. The zero-order chi connectivity index (χ0) is 28.3. The van der Waals surface area contributed by atoms with E-state index in [9.17, 15) is 19.2 Å². The number of carbonyl (C=O) groups is 4. The molecule has 2 aromatic rings. The maximum Gasteiger partial charge on any atom is 0.338 e. The summed E-state index contributed by atoms with van der Waals surface area (Å²) in [6.45, 7) is 20.4. The minimum absolute atomic E-state index is 0.0697. The van der Waals surface area contributed by atoms with Crippen LogP contribution in [-0.2, 0) is 32.0 Å². The largest absolute Gasteiger partial charge is 0.423 e. The Morgan fingerprint density at radius 3 is 1.11 bits per heavy atom. The van der Waals surface area contributed by atoms with E-state index in [4.69, 9.17) is 18.9 Å². The highest BCUT2D eigenvalue weighted by atomic mass is 16.6. The number of carbonyl (C=O) groups excluding carboxylic acids is 4. The second-order valence-electron chi connectivity index (χ2n) is 9.09. The molecule has 0 unspecified atom stereocenters. The van der Waals surface area contributed by atoms with Crippen molar-refractivity contribution < 1.29 is 38.1 Å². The molecule has 1 aliphatic rings. The van der Waals surface area contributed by atoms with Gasteiger partial charge in [-0.25, -0.2) is 19.2 Å². The van der Waals surface area contributed by atoms with Gasteiger partial charge < -0.3 is 18.9 Å². The second kappa shape index (κ2) is 11.1. The lowest BCUT2D eigenvalue weighted by Crippen LogP contribution is -2.16. The molecule has 196 valence electrons. The molecule has 0 heterocycles. The van der Waals surface area contributed by atoms with Crippen LogP contribution in [0.2, 0.25) is 0 Å². The van der Waals surface area contributed by atoms with Crippen molar-refractivity contribution in [3.05, 3.63) is 84.0 Å². The summed E-state index contributed by atoms with van der Waals surface area (Å²) in [5.74, 6) is -2.24. The van der Waals surface area contributed by atoms with Crippen molar-refractivity contribution in [3.63, 3.8) is 0 Å². The van der Waals surface area contributed by atoms with E-state index in [0.717, 1.165) is 0 Å². The van der Waals surface area contributed by atoms with Gasteiger partial charge in [0.25, 0.3) is 0 Å². The Morgan fingerprint density at radius 2 is 0.816 bits per heavy atom. The normalized spacial score (nSPS) is 11.3. The summed E-state index contributed by atoms with van der Waals surface area (Å²) in [5.41, 5.74) is 2.95. The molecule has 0 amide bonds. The van der Waals surface area contributed by atoms with Gasteiger partial charge >= 0.3 is 23.9 Å². The zero-order valence-corrected chi connectivity index (χ0v) is 21.8. The van der Waals surface area contributed by atoms with E-state index in [0.29, 0.717) is 35.1 Å². The molecular weight excluding hydrogens is 488 g/mol. The number of hydrogen-bond acceptors (Lipinski definition) is 8. The van der Waals surface area contributed by atoms with Gasteiger partial charge in [0.2, 0.25) is 0 Å². The van der Waals surface area contributed by atoms with Crippen LogP contribution < -0.4 is 18.9 Å². The molecular formula is C30H28O8. The molecule has 0 N–H and O–H groups in total. The standard InChI is InChI=1S/C30H28O8/c1-15(2)27(31)35-21-11-19-9-10-20-12-22(36-28(32)16(3)4)14-24(38-30(34)18(7)8)26(20)25(19)23(13-21)37-29(33)17(5)6/h11-14H,1,3,5,7,9-10H2,2,4,6,8H3.